The summed E-state index contributed by atoms with van der Waals surface area (Å²) >= 11 is 0. The molecular formula is C12H13F2N. The maximum atomic E-state index is 13.2. The molecule has 0 unspecified atom stereocenters. The number of nitriles is 1. The molecule has 1 aromatic carbocycles. The summed E-state index contributed by atoms with van der Waals surface area (Å²) < 4.78 is 26.5. The van der Waals surface area contributed by atoms with Crippen LogP contribution < -0.4 is 0 Å². The van der Waals surface area contributed by atoms with Gasteiger partial charge in [-0.25, -0.2) is 0 Å². The average Bonchev–Trinajstić information content (AvgIpc) is 2.17. The molecule has 0 radical (unpaired) electrons. The highest BCUT2D eigenvalue weighted by molar-refractivity contribution is 5.38. The van der Waals surface area contributed by atoms with Crippen molar-refractivity contribution in [1.29, 1.82) is 5.26 Å². The fraction of sp³-hybridized carbons (Fsp3) is 0.417. The highest BCUT2D eigenvalue weighted by Gasteiger charge is 2.33. The summed E-state index contributed by atoms with van der Waals surface area (Å²) in [5.74, 6) is -3.21. The Morgan fingerprint density at radius 1 is 1.33 bits per heavy atom. The van der Waals surface area contributed by atoms with Crippen LogP contribution in [-0.2, 0) is 5.92 Å². The first-order valence-corrected chi connectivity index (χ1v) is 4.78. The second-order valence-electron chi connectivity index (χ2n) is 3.92. The maximum Gasteiger partial charge on any atom is 0.357 e. The largest absolute Gasteiger partial charge is 0.357 e. The van der Waals surface area contributed by atoms with E-state index in [4.69, 9.17) is 5.26 Å². The Hall–Kier alpha value is -1.43. The molecule has 3 heteroatoms. The number of benzene rings is 1. The summed E-state index contributed by atoms with van der Waals surface area (Å²) in [6.45, 7) is 5.45. The Morgan fingerprint density at radius 3 is 2.40 bits per heavy atom. The van der Waals surface area contributed by atoms with Gasteiger partial charge < -0.3 is 0 Å². The molecule has 15 heavy (non-hydrogen) atoms. The molecular weight excluding hydrogens is 196 g/mol. The van der Waals surface area contributed by atoms with Crippen molar-refractivity contribution >= 4 is 0 Å². The Kier molecular flexibility index (Phi) is 3.09. The lowest BCUT2D eigenvalue weighted by Gasteiger charge is -2.14. The molecule has 0 bridgehead atoms. The van der Waals surface area contributed by atoms with Crippen LogP contribution >= 0.6 is 0 Å². The zero-order valence-electron chi connectivity index (χ0n) is 9.01. The highest BCUT2D eigenvalue weighted by atomic mass is 19.3. The first-order chi connectivity index (χ1) is 6.88. The minimum atomic E-state index is -3.39. The number of hydrogen-bond donors (Lipinski definition) is 0. The first-order valence-electron chi connectivity index (χ1n) is 4.78. The molecule has 1 rings (SSSR count). The van der Waals surface area contributed by atoms with Crippen molar-refractivity contribution in [2.45, 2.75) is 32.6 Å². The Labute approximate surface area is 88.3 Å². The van der Waals surface area contributed by atoms with E-state index in [9.17, 15) is 8.78 Å². The van der Waals surface area contributed by atoms with Gasteiger partial charge >= 0.3 is 5.92 Å². The molecule has 0 saturated carbocycles. The zero-order valence-corrected chi connectivity index (χ0v) is 9.01. The lowest BCUT2D eigenvalue weighted by atomic mass is 9.95. The molecule has 0 aliphatic carbocycles. The quantitative estimate of drug-likeness (QED) is 0.728. The van der Waals surface area contributed by atoms with Crippen LogP contribution in [0, 0.1) is 18.3 Å². The van der Waals surface area contributed by atoms with Crippen molar-refractivity contribution in [1.82, 2.24) is 0 Å². The molecule has 0 spiro atoms. The third kappa shape index (κ3) is 2.33. The van der Waals surface area contributed by atoms with Gasteiger partial charge in [0.1, 0.15) is 6.07 Å². The van der Waals surface area contributed by atoms with Crippen LogP contribution in [-0.4, -0.2) is 0 Å². The van der Waals surface area contributed by atoms with E-state index in [1.165, 1.54) is 6.07 Å². The van der Waals surface area contributed by atoms with Gasteiger partial charge in [0.05, 0.1) is 0 Å². The lowest BCUT2D eigenvalue weighted by Crippen LogP contribution is -2.12. The van der Waals surface area contributed by atoms with E-state index in [1.807, 2.05) is 19.9 Å². The van der Waals surface area contributed by atoms with E-state index in [2.05, 4.69) is 0 Å². The summed E-state index contributed by atoms with van der Waals surface area (Å²) in [6, 6.07) is 5.90. The molecule has 0 N–H and O–H groups in total. The van der Waals surface area contributed by atoms with E-state index in [-0.39, 0.29) is 11.5 Å². The van der Waals surface area contributed by atoms with Gasteiger partial charge in [-0.2, -0.15) is 14.0 Å². The molecule has 0 aliphatic heterocycles. The summed E-state index contributed by atoms with van der Waals surface area (Å²) in [6.07, 6.45) is 0. The predicted molar refractivity (Wildman–Crippen MR) is 54.8 cm³/mol. The lowest BCUT2D eigenvalue weighted by molar-refractivity contribution is 0.0605. The third-order valence-electron chi connectivity index (χ3n) is 2.41. The molecule has 0 aliphatic rings. The van der Waals surface area contributed by atoms with Gasteiger partial charge in [0, 0.05) is 5.56 Å². The van der Waals surface area contributed by atoms with Crippen molar-refractivity contribution in [2.75, 3.05) is 0 Å². The van der Waals surface area contributed by atoms with Gasteiger partial charge in [-0.15, -0.1) is 0 Å². The summed E-state index contributed by atoms with van der Waals surface area (Å²) in [5.41, 5.74) is 1.09. The Balaban J connectivity index is 3.30. The number of alkyl halides is 2. The second kappa shape index (κ2) is 3.98. The SMILES string of the molecule is Cc1ccc(C(C)C)cc1C(F)(F)C#N. The van der Waals surface area contributed by atoms with E-state index in [1.54, 1.807) is 13.0 Å². The first kappa shape index (κ1) is 11.6. The van der Waals surface area contributed by atoms with Gasteiger partial charge in [0.15, 0.2) is 0 Å². The maximum absolute atomic E-state index is 13.2. The third-order valence-corrected chi connectivity index (χ3v) is 2.41. The Morgan fingerprint density at radius 2 is 1.93 bits per heavy atom. The van der Waals surface area contributed by atoms with Gasteiger partial charge in [-0.1, -0.05) is 26.0 Å². The van der Waals surface area contributed by atoms with Crippen molar-refractivity contribution in [3.05, 3.63) is 34.9 Å². The normalized spacial score (nSPS) is 11.5. The molecule has 1 aromatic rings. The van der Waals surface area contributed by atoms with Gasteiger partial charge in [0.25, 0.3) is 0 Å². The summed E-state index contributed by atoms with van der Waals surface area (Å²) in [7, 11) is 0. The fourth-order valence-electron chi connectivity index (χ4n) is 1.40. The summed E-state index contributed by atoms with van der Waals surface area (Å²) in [4.78, 5) is 0. The van der Waals surface area contributed by atoms with E-state index < -0.39 is 5.92 Å². The monoisotopic (exact) mass is 209 g/mol. The van der Waals surface area contributed by atoms with Crippen LogP contribution in [0.25, 0.3) is 0 Å². The number of nitrogens with zero attached hydrogens (tertiary/aromatic N) is 1. The van der Waals surface area contributed by atoms with Gasteiger partial charge in [-0.3, -0.25) is 0 Å². The predicted octanol–water partition coefficient (Wildman–Crippen LogP) is 3.73. The molecule has 1 nitrogen and oxygen atoms in total. The number of rotatable bonds is 2. The smallest absolute Gasteiger partial charge is 0.191 e. The van der Waals surface area contributed by atoms with Gasteiger partial charge in [-0.05, 0) is 30.0 Å². The van der Waals surface area contributed by atoms with Crippen LogP contribution in [0.4, 0.5) is 8.78 Å². The second-order valence-corrected chi connectivity index (χ2v) is 3.92. The van der Waals surface area contributed by atoms with Gasteiger partial charge in [0.2, 0.25) is 0 Å². The van der Waals surface area contributed by atoms with Crippen LogP contribution in [0.1, 0.15) is 36.5 Å². The van der Waals surface area contributed by atoms with Crippen LogP contribution in [0.2, 0.25) is 0 Å². The summed E-state index contributed by atoms with van der Waals surface area (Å²) in [5, 5.41) is 8.40. The van der Waals surface area contributed by atoms with Crippen LogP contribution in [0.5, 0.6) is 0 Å². The number of halogens is 2. The standard InChI is InChI=1S/C12H13F2N/c1-8(2)10-5-4-9(3)11(6-10)12(13,14)7-15/h4-6,8H,1-3H3. The molecule has 0 heterocycles. The highest BCUT2D eigenvalue weighted by Crippen LogP contribution is 2.31. The van der Waals surface area contributed by atoms with Crippen LogP contribution in [0.15, 0.2) is 18.2 Å². The van der Waals surface area contributed by atoms with Crippen molar-refractivity contribution < 1.29 is 8.78 Å². The van der Waals surface area contributed by atoms with Crippen LogP contribution in [0.3, 0.4) is 0 Å². The molecule has 0 aromatic heterocycles. The van der Waals surface area contributed by atoms with Crippen molar-refractivity contribution in [3.63, 3.8) is 0 Å². The molecule has 0 atom stereocenters. The minimum Gasteiger partial charge on any atom is -0.191 e. The topological polar surface area (TPSA) is 23.8 Å². The minimum absolute atomic E-state index is 0.179. The molecule has 0 amide bonds. The van der Waals surface area contributed by atoms with Crippen molar-refractivity contribution in [2.24, 2.45) is 0 Å². The fourth-order valence-corrected chi connectivity index (χ4v) is 1.40. The van der Waals surface area contributed by atoms with E-state index in [0.29, 0.717) is 5.56 Å². The average molecular weight is 209 g/mol. The zero-order chi connectivity index (χ0) is 11.6. The number of aryl methyl sites for hydroxylation is 1. The molecule has 0 saturated heterocycles. The molecule has 0 fully saturated rings. The molecule has 80 valence electrons. The number of hydrogen-bond acceptors (Lipinski definition) is 1. The Bertz CT molecular complexity index is 403. The van der Waals surface area contributed by atoms with E-state index in [0.717, 1.165) is 11.6 Å². The van der Waals surface area contributed by atoms with Crippen molar-refractivity contribution in [3.8, 4) is 6.07 Å². The van der Waals surface area contributed by atoms with E-state index >= 15 is 0 Å².